The standard InChI is InChI=1S/C30H20N2O6S/c33-25(32-24-11-5-10-23-26(24)28(35)20-7-2-1-6-19(20)27(23)34)16-39-18-14-12-17(13-15-18)31-29(36)21-8-3-4-9-22(21)30(37)38/h1-15H,16H2,(H,31,36)(H,32,33)(H,37,38). The molecule has 0 atom stereocenters. The topological polar surface area (TPSA) is 130 Å². The van der Waals surface area contributed by atoms with Crippen LogP contribution in [-0.2, 0) is 4.79 Å². The second-order valence-electron chi connectivity index (χ2n) is 8.60. The molecule has 4 aromatic carbocycles. The Hall–Kier alpha value is -5.02. The van der Waals surface area contributed by atoms with Crippen LogP contribution in [0, 0.1) is 0 Å². The quantitative estimate of drug-likeness (QED) is 0.246. The van der Waals surface area contributed by atoms with Gasteiger partial charge < -0.3 is 15.7 Å². The van der Waals surface area contributed by atoms with E-state index in [9.17, 15) is 29.1 Å². The van der Waals surface area contributed by atoms with Crippen molar-refractivity contribution < 1.29 is 29.1 Å². The van der Waals surface area contributed by atoms with Crippen LogP contribution in [0.25, 0.3) is 0 Å². The van der Waals surface area contributed by atoms with Crippen molar-refractivity contribution in [1.82, 2.24) is 0 Å². The number of carboxylic acids is 1. The van der Waals surface area contributed by atoms with Gasteiger partial charge in [0.15, 0.2) is 11.6 Å². The third-order valence-electron chi connectivity index (χ3n) is 6.11. The van der Waals surface area contributed by atoms with Crippen molar-refractivity contribution in [3.8, 4) is 0 Å². The van der Waals surface area contributed by atoms with Crippen molar-refractivity contribution in [2.45, 2.75) is 4.90 Å². The van der Waals surface area contributed by atoms with Gasteiger partial charge in [-0.25, -0.2) is 4.79 Å². The minimum Gasteiger partial charge on any atom is -0.478 e. The molecule has 0 fully saturated rings. The average molecular weight is 537 g/mol. The van der Waals surface area contributed by atoms with Crippen molar-refractivity contribution in [3.63, 3.8) is 0 Å². The Bertz CT molecular complexity index is 1660. The number of benzene rings is 4. The molecule has 0 radical (unpaired) electrons. The highest BCUT2D eigenvalue weighted by molar-refractivity contribution is 8.00. The Balaban J connectivity index is 1.22. The van der Waals surface area contributed by atoms with Gasteiger partial charge in [0.1, 0.15) is 0 Å². The second-order valence-corrected chi connectivity index (χ2v) is 9.65. The van der Waals surface area contributed by atoms with Gasteiger partial charge in [0.05, 0.1) is 28.1 Å². The molecule has 39 heavy (non-hydrogen) atoms. The summed E-state index contributed by atoms with van der Waals surface area (Å²) in [7, 11) is 0. The van der Waals surface area contributed by atoms with Gasteiger partial charge in [-0.1, -0.05) is 48.5 Å². The number of hydrogen-bond acceptors (Lipinski definition) is 6. The van der Waals surface area contributed by atoms with Crippen molar-refractivity contribution >= 4 is 52.5 Å². The van der Waals surface area contributed by atoms with Gasteiger partial charge in [-0.05, 0) is 42.5 Å². The zero-order valence-corrected chi connectivity index (χ0v) is 21.1. The molecule has 9 heteroatoms. The summed E-state index contributed by atoms with van der Waals surface area (Å²) in [6.45, 7) is 0. The van der Waals surface area contributed by atoms with Gasteiger partial charge in [0.25, 0.3) is 5.91 Å². The van der Waals surface area contributed by atoms with E-state index < -0.39 is 11.9 Å². The van der Waals surface area contributed by atoms with E-state index in [1.54, 1.807) is 78.9 Å². The molecule has 0 saturated carbocycles. The number of carboxylic acid groups (broad SMARTS) is 1. The molecule has 192 valence electrons. The first-order valence-electron chi connectivity index (χ1n) is 11.8. The van der Waals surface area contributed by atoms with E-state index in [4.69, 9.17) is 0 Å². The monoisotopic (exact) mass is 536 g/mol. The highest BCUT2D eigenvalue weighted by Gasteiger charge is 2.31. The van der Waals surface area contributed by atoms with E-state index in [1.807, 2.05) is 0 Å². The van der Waals surface area contributed by atoms with Crippen LogP contribution < -0.4 is 10.6 Å². The molecule has 3 N–H and O–H groups in total. The maximum Gasteiger partial charge on any atom is 0.336 e. The summed E-state index contributed by atoms with van der Waals surface area (Å²) in [5, 5.41) is 14.7. The summed E-state index contributed by atoms with van der Waals surface area (Å²) < 4.78 is 0. The molecule has 8 nitrogen and oxygen atoms in total. The Labute approximate surface area is 227 Å². The van der Waals surface area contributed by atoms with Crippen LogP contribution >= 0.6 is 11.8 Å². The first-order valence-corrected chi connectivity index (χ1v) is 12.8. The summed E-state index contributed by atoms with van der Waals surface area (Å²) in [6, 6.07) is 24.1. The lowest BCUT2D eigenvalue weighted by Crippen LogP contribution is -2.24. The molecular weight excluding hydrogens is 516 g/mol. The number of hydrogen-bond donors (Lipinski definition) is 3. The van der Waals surface area contributed by atoms with Crippen molar-refractivity contribution in [2.75, 3.05) is 16.4 Å². The van der Waals surface area contributed by atoms with Crippen LogP contribution in [0.2, 0.25) is 0 Å². The molecule has 0 saturated heterocycles. The summed E-state index contributed by atoms with van der Waals surface area (Å²) in [5.41, 5.74) is 1.80. The van der Waals surface area contributed by atoms with Crippen LogP contribution in [0.4, 0.5) is 11.4 Å². The minimum atomic E-state index is -1.19. The van der Waals surface area contributed by atoms with Crippen molar-refractivity contribution in [1.29, 1.82) is 0 Å². The number of nitrogens with one attached hydrogen (secondary N) is 2. The Morgan fingerprint density at radius 1 is 0.667 bits per heavy atom. The van der Waals surface area contributed by atoms with E-state index in [2.05, 4.69) is 10.6 Å². The van der Waals surface area contributed by atoms with E-state index in [0.29, 0.717) is 16.8 Å². The van der Waals surface area contributed by atoms with Gasteiger partial charge in [-0.2, -0.15) is 0 Å². The minimum absolute atomic E-state index is 0.0418. The largest absolute Gasteiger partial charge is 0.478 e. The zero-order valence-electron chi connectivity index (χ0n) is 20.3. The molecule has 0 aromatic heterocycles. The SMILES string of the molecule is O=C(CSc1ccc(NC(=O)c2ccccc2C(=O)O)cc1)Nc1cccc2c1C(=O)c1ccccc1C2=O. The Morgan fingerprint density at radius 3 is 1.97 bits per heavy atom. The maximum atomic E-state index is 13.1. The lowest BCUT2D eigenvalue weighted by molar-refractivity contribution is -0.113. The molecule has 0 aliphatic heterocycles. The molecule has 0 spiro atoms. The van der Waals surface area contributed by atoms with E-state index in [-0.39, 0.29) is 51.2 Å². The van der Waals surface area contributed by atoms with Crippen molar-refractivity contribution in [2.24, 2.45) is 0 Å². The molecule has 5 rings (SSSR count). The summed E-state index contributed by atoms with van der Waals surface area (Å²) in [5.74, 6) is -2.62. The molecule has 4 aromatic rings. The van der Waals surface area contributed by atoms with Crippen molar-refractivity contribution in [3.05, 3.63) is 124 Å². The van der Waals surface area contributed by atoms with Gasteiger partial charge in [-0.15, -0.1) is 11.8 Å². The highest BCUT2D eigenvalue weighted by Crippen LogP contribution is 2.32. The number of fused-ring (bicyclic) bond motifs is 2. The third-order valence-corrected chi connectivity index (χ3v) is 7.12. The number of amides is 2. The molecule has 0 bridgehead atoms. The number of carbonyl (C=O) groups is 5. The van der Waals surface area contributed by atoms with Gasteiger partial charge in [-0.3, -0.25) is 19.2 Å². The number of thioether (sulfide) groups is 1. The second kappa shape index (κ2) is 10.8. The van der Waals surface area contributed by atoms with Crippen LogP contribution in [0.15, 0.2) is 95.9 Å². The number of carbonyl (C=O) groups excluding carboxylic acids is 4. The Kier molecular flexibility index (Phi) is 7.07. The molecule has 2 amide bonds. The van der Waals surface area contributed by atoms with Gasteiger partial charge >= 0.3 is 5.97 Å². The first-order chi connectivity index (χ1) is 18.8. The average Bonchev–Trinajstić information content (AvgIpc) is 2.95. The molecule has 1 aliphatic rings. The predicted molar refractivity (Wildman–Crippen MR) is 147 cm³/mol. The molecular formula is C30H20N2O6S. The van der Waals surface area contributed by atoms with E-state index in [0.717, 1.165) is 4.90 Å². The van der Waals surface area contributed by atoms with Crippen LogP contribution in [0.5, 0.6) is 0 Å². The lowest BCUT2D eigenvalue weighted by atomic mass is 9.83. The van der Waals surface area contributed by atoms with Gasteiger partial charge in [0, 0.05) is 27.3 Å². The smallest absolute Gasteiger partial charge is 0.336 e. The number of ketones is 2. The molecule has 0 heterocycles. The van der Waals surface area contributed by atoms with Crippen LogP contribution in [0.1, 0.15) is 52.6 Å². The molecule has 0 unspecified atom stereocenters. The third kappa shape index (κ3) is 5.21. The highest BCUT2D eigenvalue weighted by atomic mass is 32.2. The fraction of sp³-hybridized carbons (Fsp3) is 0.0333. The fourth-order valence-corrected chi connectivity index (χ4v) is 4.98. The van der Waals surface area contributed by atoms with E-state index in [1.165, 1.54) is 23.9 Å². The van der Waals surface area contributed by atoms with Crippen LogP contribution in [-0.4, -0.2) is 40.2 Å². The number of anilines is 2. The summed E-state index contributed by atoms with van der Waals surface area (Å²) in [4.78, 5) is 63.4. The summed E-state index contributed by atoms with van der Waals surface area (Å²) >= 11 is 1.25. The predicted octanol–water partition coefficient (Wildman–Crippen LogP) is 5.14. The first kappa shape index (κ1) is 25.6. The fourth-order valence-electron chi connectivity index (χ4n) is 4.28. The summed E-state index contributed by atoms with van der Waals surface area (Å²) in [6.07, 6.45) is 0. The number of aromatic carboxylic acids is 1. The normalized spacial score (nSPS) is 11.8. The van der Waals surface area contributed by atoms with E-state index >= 15 is 0 Å². The van der Waals surface area contributed by atoms with Crippen LogP contribution in [0.3, 0.4) is 0 Å². The maximum absolute atomic E-state index is 13.1. The Morgan fingerprint density at radius 2 is 1.28 bits per heavy atom. The lowest BCUT2D eigenvalue weighted by Gasteiger charge is -2.20. The number of rotatable bonds is 7. The zero-order chi connectivity index (χ0) is 27.5. The van der Waals surface area contributed by atoms with Gasteiger partial charge in [0.2, 0.25) is 5.91 Å². The molecule has 1 aliphatic carbocycles.